The van der Waals surface area contributed by atoms with E-state index in [0.717, 1.165) is 16.8 Å². The molecule has 0 spiro atoms. The monoisotopic (exact) mass is 374 g/mol. The zero-order valence-electron chi connectivity index (χ0n) is 15.4. The number of rotatable bonds is 5. The first-order chi connectivity index (χ1) is 13.6. The van der Waals surface area contributed by atoms with E-state index >= 15 is 0 Å². The van der Waals surface area contributed by atoms with Crippen LogP contribution < -0.4 is 11.1 Å². The highest BCUT2D eigenvalue weighted by molar-refractivity contribution is 5.77. The lowest BCUT2D eigenvalue weighted by molar-refractivity contribution is 0.784. The van der Waals surface area contributed by atoms with Crippen LogP contribution in [0, 0.1) is 11.3 Å². The predicted octanol–water partition coefficient (Wildman–Crippen LogP) is 1.55. The second kappa shape index (κ2) is 7.05. The van der Waals surface area contributed by atoms with E-state index in [1.165, 1.54) is 6.20 Å². The van der Waals surface area contributed by atoms with Gasteiger partial charge in [0.1, 0.15) is 11.8 Å². The van der Waals surface area contributed by atoms with Gasteiger partial charge < -0.3 is 11.1 Å². The van der Waals surface area contributed by atoms with Gasteiger partial charge in [-0.2, -0.15) is 15.0 Å². The third-order valence-corrected chi connectivity index (χ3v) is 4.06. The van der Waals surface area contributed by atoms with Gasteiger partial charge in [-0.15, -0.1) is 5.10 Å². The number of aromatic nitrogens is 7. The van der Waals surface area contributed by atoms with Crippen LogP contribution in [0.2, 0.25) is 0 Å². The fourth-order valence-electron chi connectivity index (χ4n) is 2.82. The predicted molar refractivity (Wildman–Crippen MR) is 103 cm³/mol. The Morgan fingerprint density at radius 3 is 2.79 bits per heavy atom. The van der Waals surface area contributed by atoms with E-state index in [2.05, 4.69) is 36.8 Å². The van der Waals surface area contributed by atoms with Gasteiger partial charge in [-0.3, -0.25) is 0 Å². The van der Waals surface area contributed by atoms with Gasteiger partial charge >= 0.3 is 0 Å². The van der Waals surface area contributed by atoms with Crippen molar-refractivity contribution in [1.82, 2.24) is 34.7 Å². The molecule has 0 saturated carbocycles. The first kappa shape index (κ1) is 17.6. The SMILES string of the molecule is CC(C)Nc1cc(-n2ncc3cc(C#N)cnc32)ncc1-n1cc(CN)nn1. The number of pyridine rings is 2. The van der Waals surface area contributed by atoms with Gasteiger partial charge in [0.2, 0.25) is 0 Å². The summed E-state index contributed by atoms with van der Waals surface area (Å²) in [4.78, 5) is 8.88. The zero-order valence-corrected chi connectivity index (χ0v) is 15.4. The molecule has 0 bridgehead atoms. The smallest absolute Gasteiger partial charge is 0.164 e. The van der Waals surface area contributed by atoms with E-state index < -0.39 is 0 Å². The Morgan fingerprint density at radius 1 is 1.21 bits per heavy atom. The third kappa shape index (κ3) is 3.15. The summed E-state index contributed by atoms with van der Waals surface area (Å²) >= 11 is 0. The molecule has 0 aliphatic carbocycles. The van der Waals surface area contributed by atoms with Crippen LogP contribution >= 0.6 is 0 Å². The Morgan fingerprint density at radius 2 is 2.07 bits per heavy atom. The molecule has 3 N–H and O–H groups in total. The lowest BCUT2D eigenvalue weighted by atomic mass is 10.2. The van der Waals surface area contributed by atoms with Crippen molar-refractivity contribution in [2.45, 2.75) is 26.4 Å². The molecule has 0 aliphatic heterocycles. The van der Waals surface area contributed by atoms with Crippen molar-refractivity contribution in [3.63, 3.8) is 0 Å². The minimum absolute atomic E-state index is 0.192. The van der Waals surface area contributed by atoms with Gasteiger partial charge in [0, 0.05) is 30.2 Å². The molecule has 0 aromatic carbocycles. The molecule has 10 heteroatoms. The van der Waals surface area contributed by atoms with Gasteiger partial charge in [0.05, 0.1) is 35.5 Å². The van der Waals surface area contributed by atoms with Crippen LogP contribution in [0.4, 0.5) is 5.69 Å². The Balaban J connectivity index is 1.82. The average molecular weight is 374 g/mol. The maximum absolute atomic E-state index is 9.04. The summed E-state index contributed by atoms with van der Waals surface area (Å²) in [7, 11) is 0. The summed E-state index contributed by atoms with van der Waals surface area (Å²) < 4.78 is 3.28. The quantitative estimate of drug-likeness (QED) is 0.537. The molecule has 4 rings (SSSR count). The van der Waals surface area contributed by atoms with Crippen LogP contribution in [0.15, 0.2) is 36.9 Å². The molecule has 4 aromatic heterocycles. The number of nitrogens with two attached hydrogens (primary N) is 1. The van der Waals surface area contributed by atoms with Crippen LogP contribution in [0.1, 0.15) is 25.1 Å². The Hall–Kier alpha value is -3.84. The second-order valence-corrected chi connectivity index (χ2v) is 6.52. The van der Waals surface area contributed by atoms with E-state index in [9.17, 15) is 0 Å². The van der Waals surface area contributed by atoms with Crippen LogP contribution in [-0.2, 0) is 6.54 Å². The fourth-order valence-corrected chi connectivity index (χ4v) is 2.82. The normalized spacial score (nSPS) is 11.1. The lowest BCUT2D eigenvalue weighted by Crippen LogP contribution is -2.14. The van der Waals surface area contributed by atoms with E-state index in [1.807, 2.05) is 19.9 Å². The Labute approximate surface area is 160 Å². The molecule has 0 saturated heterocycles. The number of hydrogen-bond acceptors (Lipinski definition) is 8. The summed E-state index contributed by atoms with van der Waals surface area (Å²) in [5.41, 5.74) is 9.01. The minimum Gasteiger partial charge on any atom is -0.381 e. The number of fused-ring (bicyclic) bond motifs is 1. The van der Waals surface area contributed by atoms with Crippen molar-refractivity contribution in [2.75, 3.05) is 5.32 Å². The van der Waals surface area contributed by atoms with E-state index in [0.29, 0.717) is 29.3 Å². The third-order valence-electron chi connectivity index (χ3n) is 4.06. The van der Waals surface area contributed by atoms with Crippen LogP contribution in [-0.4, -0.2) is 40.8 Å². The average Bonchev–Trinajstić information content (AvgIpc) is 3.33. The van der Waals surface area contributed by atoms with Crippen molar-refractivity contribution in [2.24, 2.45) is 5.73 Å². The van der Waals surface area contributed by atoms with Crippen molar-refractivity contribution >= 4 is 16.7 Å². The number of anilines is 1. The fraction of sp³-hybridized carbons (Fsp3) is 0.222. The van der Waals surface area contributed by atoms with Gasteiger partial charge in [-0.1, -0.05) is 5.21 Å². The highest BCUT2D eigenvalue weighted by Gasteiger charge is 2.14. The summed E-state index contributed by atoms with van der Waals surface area (Å²) in [5.74, 6) is 0.596. The van der Waals surface area contributed by atoms with Crippen molar-refractivity contribution in [1.29, 1.82) is 5.26 Å². The molecular formula is C18H18N10. The largest absolute Gasteiger partial charge is 0.381 e. The standard InChI is InChI=1S/C18H18N10/c1-11(2)24-15-4-17(21-9-16(15)27-10-14(6-20)25-26-27)28-18-13(8-23-28)3-12(5-19)7-22-18/h3-4,7-11H,6,20H2,1-2H3,(H,21,24). The molecular weight excluding hydrogens is 356 g/mol. The van der Waals surface area contributed by atoms with Crippen molar-refractivity contribution < 1.29 is 0 Å². The first-order valence-corrected chi connectivity index (χ1v) is 8.71. The highest BCUT2D eigenvalue weighted by Crippen LogP contribution is 2.24. The van der Waals surface area contributed by atoms with E-state index in [1.54, 1.807) is 34.0 Å². The molecule has 0 atom stereocenters. The lowest BCUT2D eigenvalue weighted by Gasteiger charge is -2.15. The summed E-state index contributed by atoms with van der Waals surface area (Å²) in [6.45, 7) is 4.41. The number of nitrogens with one attached hydrogen (secondary N) is 1. The van der Waals surface area contributed by atoms with Gasteiger partial charge in [-0.25, -0.2) is 14.6 Å². The molecule has 0 amide bonds. The molecule has 4 aromatic rings. The topological polar surface area (TPSA) is 136 Å². The number of nitrogens with zero attached hydrogens (tertiary/aromatic N) is 8. The first-order valence-electron chi connectivity index (χ1n) is 8.71. The maximum Gasteiger partial charge on any atom is 0.164 e. The molecule has 140 valence electrons. The van der Waals surface area contributed by atoms with Crippen molar-refractivity contribution in [3.05, 3.63) is 48.2 Å². The maximum atomic E-state index is 9.04. The minimum atomic E-state index is 0.192. The highest BCUT2D eigenvalue weighted by atomic mass is 15.4. The van der Waals surface area contributed by atoms with Gasteiger partial charge in [0.15, 0.2) is 11.5 Å². The van der Waals surface area contributed by atoms with Crippen LogP contribution in [0.3, 0.4) is 0 Å². The van der Waals surface area contributed by atoms with Crippen molar-refractivity contribution in [3.8, 4) is 17.6 Å². The molecule has 4 heterocycles. The number of nitriles is 1. The Bertz CT molecular complexity index is 1180. The summed E-state index contributed by atoms with van der Waals surface area (Å²) in [6.07, 6.45) is 6.66. The molecule has 10 nitrogen and oxygen atoms in total. The molecule has 28 heavy (non-hydrogen) atoms. The molecule has 0 unspecified atom stereocenters. The van der Waals surface area contributed by atoms with E-state index in [4.69, 9.17) is 11.0 Å². The Kier molecular flexibility index (Phi) is 4.42. The molecule has 0 aliphatic rings. The van der Waals surface area contributed by atoms with Crippen LogP contribution in [0.5, 0.6) is 0 Å². The summed E-state index contributed by atoms with van der Waals surface area (Å²) in [6, 6.07) is 5.90. The zero-order chi connectivity index (χ0) is 19.7. The van der Waals surface area contributed by atoms with Gasteiger partial charge in [0.25, 0.3) is 0 Å². The molecule has 0 radical (unpaired) electrons. The number of hydrogen-bond donors (Lipinski definition) is 2. The van der Waals surface area contributed by atoms with Gasteiger partial charge in [-0.05, 0) is 19.9 Å². The summed E-state index contributed by atoms with van der Waals surface area (Å²) in [5, 5.41) is 25.8. The van der Waals surface area contributed by atoms with Crippen LogP contribution in [0.25, 0.3) is 22.5 Å². The second-order valence-electron chi connectivity index (χ2n) is 6.52. The molecule has 0 fully saturated rings. The van der Waals surface area contributed by atoms with E-state index in [-0.39, 0.29) is 6.04 Å².